The van der Waals surface area contributed by atoms with Crippen molar-refractivity contribution in [2.45, 2.75) is 26.3 Å². The topological polar surface area (TPSA) is 15.3 Å². The molecule has 1 saturated heterocycles. The zero-order valence-corrected chi connectivity index (χ0v) is 10.00. The fourth-order valence-electron chi connectivity index (χ4n) is 2.83. The molecule has 2 nitrogen and oxygen atoms in total. The number of rotatable bonds is 2. The standard InChI is InChI=1S/C14H20N2/c1-2-11-9-16(10-11)14-5-3-4-12-8-15-7-6-13(12)14/h3-5,11,15H,2,6-10H2,1H3. The van der Waals surface area contributed by atoms with Gasteiger partial charge in [0.15, 0.2) is 0 Å². The third kappa shape index (κ3) is 1.61. The van der Waals surface area contributed by atoms with Gasteiger partial charge in [0.2, 0.25) is 0 Å². The molecule has 1 N–H and O–H groups in total. The van der Waals surface area contributed by atoms with Crippen LogP contribution in [-0.2, 0) is 13.0 Å². The molecule has 0 unspecified atom stereocenters. The predicted octanol–water partition coefficient (Wildman–Crippen LogP) is 2.18. The lowest BCUT2D eigenvalue weighted by atomic mass is 9.92. The fourth-order valence-corrected chi connectivity index (χ4v) is 2.83. The van der Waals surface area contributed by atoms with Gasteiger partial charge < -0.3 is 10.2 Å². The van der Waals surface area contributed by atoms with Crippen molar-refractivity contribution in [2.24, 2.45) is 5.92 Å². The van der Waals surface area contributed by atoms with E-state index in [1.54, 1.807) is 5.56 Å². The minimum atomic E-state index is 0.928. The van der Waals surface area contributed by atoms with E-state index in [0.717, 1.165) is 19.0 Å². The van der Waals surface area contributed by atoms with Crippen LogP contribution in [0.5, 0.6) is 0 Å². The maximum absolute atomic E-state index is 3.44. The summed E-state index contributed by atoms with van der Waals surface area (Å²) in [5.41, 5.74) is 4.60. The zero-order valence-electron chi connectivity index (χ0n) is 10.00. The second-order valence-corrected chi connectivity index (χ2v) is 5.02. The van der Waals surface area contributed by atoms with Crippen LogP contribution in [0.1, 0.15) is 24.5 Å². The summed E-state index contributed by atoms with van der Waals surface area (Å²) in [5, 5.41) is 3.44. The Morgan fingerprint density at radius 3 is 3.06 bits per heavy atom. The second kappa shape index (κ2) is 4.10. The molecule has 0 aliphatic carbocycles. The Bertz CT molecular complexity index is 380. The van der Waals surface area contributed by atoms with Gasteiger partial charge in [-0.05, 0) is 42.5 Å². The van der Waals surface area contributed by atoms with E-state index in [0.29, 0.717) is 0 Å². The van der Waals surface area contributed by atoms with Crippen LogP contribution in [0.2, 0.25) is 0 Å². The first-order valence-corrected chi connectivity index (χ1v) is 6.45. The van der Waals surface area contributed by atoms with Crippen LogP contribution >= 0.6 is 0 Å². The summed E-state index contributed by atoms with van der Waals surface area (Å²) in [6.07, 6.45) is 2.52. The molecule has 0 saturated carbocycles. The summed E-state index contributed by atoms with van der Waals surface area (Å²) >= 11 is 0. The molecule has 2 aliphatic rings. The highest BCUT2D eigenvalue weighted by atomic mass is 15.2. The van der Waals surface area contributed by atoms with E-state index in [4.69, 9.17) is 0 Å². The summed E-state index contributed by atoms with van der Waals surface area (Å²) in [5.74, 6) is 0.928. The van der Waals surface area contributed by atoms with Gasteiger partial charge >= 0.3 is 0 Å². The van der Waals surface area contributed by atoms with Gasteiger partial charge in [-0.25, -0.2) is 0 Å². The Morgan fingerprint density at radius 2 is 2.25 bits per heavy atom. The summed E-state index contributed by atoms with van der Waals surface area (Å²) in [6.45, 7) is 7.01. The molecule has 3 rings (SSSR count). The maximum atomic E-state index is 3.44. The number of hydrogen-bond acceptors (Lipinski definition) is 2. The molecule has 16 heavy (non-hydrogen) atoms. The van der Waals surface area contributed by atoms with Crippen LogP contribution in [-0.4, -0.2) is 19.6 Å². The fraction of sp³-hybridized carbons (Fsp3) is 0.571. The van der Waals surface area contributed by atoms with E-state index in [9.17, 15) is 0 Å². The van der Waals surface area contributed by atoms with Crippen molar-refractivity contribution in [1.82, 2.24) is 5.32 Å². The SMILES string of the molecule is CCC1CN(c2cccc3c2CCNC3)C1. The van der Waals surface area contributed by atoms with Gasteiger partial charge in [0, 0.05) is 25.3 Å². The van der Waals surface area contributed by atoms with E-state index in [1.807, 2.05) is 0 Å². The Kier molecular flexibility index (Phi) is 2.60. The molecule has 0 amide bonds. The maximum Gasteiger partial charge on any atom is 0.0402 e. The number of fused-ring (bicyclic) bond motifs is 1. The largest absolute Gasteiger partial charge is 0.371 e. The molecule has 1 aromatic rings. The molecule has 0 radical (unpaired) electrons. The monoisotopic (exact) mass is 216 g/mol. The third-order valence-electron chi connectivity index (χ3n) is 3.99. The van der Waals surface area contributed by atoms with Gasteiger partial charge in [0.05, 0.1) is 0 Å². The van der Waals surface area contributed by atoms with Crippen LogP contribution < -0.4 is 10.2 Å². The van der Waals surface area contributed by atoms with Crippen LogP contribution in [0.4, 0.5) is 5.69 Å². The Labute approximate surface area is 97.6 Å². The number of benzene rings is 1. The first kappa shape index (κ1) is 10.2. The minimum Gasteiger partial charge on any atom is -0.371 e. The van der Waals surface area contributed by atoms with Crippen molar-refractivity contribution < 1.29 is 0 Å². The molecule has 2 heterocycles. The highest BCUT2D eigenvalue weighted by Gasteiger charge is 2.27. The predicted molar refractivity (Wildman–Crippen MR) is 67.8 cm³/mol. The van der Waals surface area contributed by atoms with Crippen molar-refractivity contribution in [2.75, 3.05) is 24.5 Å². The number of anilines is 1. The smallest absolute Gasteiger partial charge is 0.0402 e. The number of hydrogen-bond donors (Lipinski definition) is 1. The van der Waals surface area contributed by atoms with Crippen LogP contribution in [0.15, 0.2) is 18.2 Å². The molecule has 0 spiro atoms. The van der Waals surface area contributed by atoms with Crippen molar-refractivity contribution in [1.29, 1.82) is 0 Å². The van der Waals surface area contributed by atoms with E-state index in [2.05, 4.69) is 35.3 Å². The summed E-state index contributed by atoms with van der Waals surface area (Å²) in [7, 11) is 0. The van der Waals surface area contributed by atoms with Crippen molar-refractivity contribution >= 4 is 5.69 Å². The van der Waals surface area contributed by atoms with Gasteiger partial charge in [-0.3, -0.25) is 0 Å². The molecular weight excluding hydrogens is 196 g/mol. The van der Waals surface area contributed by atoms with Gasteiger partial charge in [0.25, 0.3) is 0 Å². The Hall–Kier alpha value is -1.02. The lowest BCUT2D eigenvalue weighted by molar-refractivity contribution is 0.397. The van der Waals surface area contributed by atoms with E-state index >= 15 is 0 Å². The average Bonchev–Trinajstić information content (AvgIpc) is 2.28. The van der Waals surface area contributed by atoms with Gasteiger partial charge in [0.1, 0.15) is 0 Å². The van der Waals surface area contributed by atoms with Crippen molar-refractivity contribution in [3.8, 4) is 0 Å². The third-order valence-corrected chi connectivity index (χ3v) is 3.99. The molecule has 0 atom stereocenters. The summed E-state index contributed by atoms with van der Waals surface area (Å²) in [4.78, 5) is 2.55. The first-order chi connectivity index (χ1) is 7.88. The van der Waals surface area contributed by atoms with Crippen LogP contribution in [0, 0.1) is 5.92 Å². The van der Waals surface area contributed by atoms with E-state index < -0.39 is 0 Å². The zero-order chi connectivity index (χ0) is 11.0. The second-order valence-electron chi connectivity index (χ2n) is 5.02. The quantitative estimate of drug-likeness (QED) is 0.815. The molecule has 86 valence electrons. The van der Waals surface area contributed by atoms with E-state index in [1.165, 1.54) is 37.2 Å². The normalized spacial score (nSPS) is 20.4. The summed E-state index contributed by atoms with van der Waals surface area (Å²) < 4.78 is 0. The molecule has 2 aliphatic heterocycles. The first-order valence-electron chi connectivity index (χ1n) is 6.45. The number of nitrogens with one attached hydrogen (secondary N) is 1. The minimum absolute atomic E-state index is 0.928. The average molecular weight is 216 g/mol. The number of nitrogens with zero attached hydrogens (tertiary/aromatic N) is 1. The molecule has 0 aromatic heterocycles. The van der Waals surface area contributed by atoms with Crippen molar-refractivity contribution in [3.05, 3.63) is 29.3 Å². The van der Waals surface area contributed by atoms with Gasteiger partial charge in [-0.1, -0.05) is 19.1 Å². The highest BCUT2D eigenvalue weighted by molar-refractivity contribution is 5.59. The molecule has 1 fully saturated rings. The molecular formula is C14H20N2. The lowest BCUT2D eigenvalue weighted by Crippen LogP contribution is -2.47. The lowest BCUT2D eigenvalue weighted by Gasteiger charge is -2.42. The van der Waals surface area contributed by atoms with Gasteiger partial charge in [-0.15, -0.1) is 0 Å². The molecule has 1 aromatic carbocycles. The van der Waals surface area contributed by atoms with E-state index in [-0.39, 0.29) is 0 Å². The Morgan fingerprint density at radius 1 is 1.38 bits per heavy atom. The van der Waals surface area contributed by atoms with Gasteiger partial charge in [-0.2, -0.15) is 0 Å². The highest BCUT2D eigenvalue weighted by Crippen LogP contribution is 2.32. The van der Waals surface area contributed by atoms with Crippen molar-refractivity contribution in [3.63, 3.8) is 0 Å². The van der Waals surface area contributed by atoms with Crippen LogP contribution in [0.3, 0.4) is 0 Å². The molecule has 2 heteroatoms. The molecule has 0 bridgehead atoms. The van der Waals surface area contributed by atoms with Crippen LogP contribution in [0.25, 0.3) is 0 Å². The Balaban J connectivity index is 1.85. The summed E-state index contributed by atoms with van der Waals surface area (Å²) in [6, 6.07) is 6.78.